The van der Waals surface area contributed by atoms with Crippen molar-refractivity contribution < 1.29 is 9.53 Å². The van der Waals surface area contributed by atoms with Gasteiger partial charge in [0.1, 0.15) is 16.9 Å². The van der Waals surface area contributed by atoms with Gasteiger partial charge in [-0.05, 0) is 31.5 Å². The van der Waals surface area contributed by atoms with Crippen LogP contribution >= 0.6 is 34.5 Å². The fourth-order valence-corrected chi connectivity index (χ4v) is 4.77. The summed E-state index contributed by atoms with van der Waals surface area (Å²) in [6.07, 6.45) is 0.0629. The van der Waals surface area contributed by atoms with Crippen LogP contribution in [0.4, 0.5) is 0 Å². The number of ether oxygens (including phenoxy) is 1. The SMILES string of the molecule is COC(=O)C[C@@H]1N=C(c2ccc(Cl)cc2)c2c(sc(Cl)c2C)-n2c(C)nnc21. The van der Waals surface area contributed by atoms with E-state index in [1.807, 2.05) is 42.7 Å². The standard InChI is InChI=1S/C19H16Cl2N4O2S/c1-9-15-16(11-4-6-12(20)7-5-11)22-13(8-14(26)27-3)18-24-23-10(2)25(18)19(15)28-17(9)21/h4-7,13H,8H2,1-3H3/t13-/m0/s1. The Balaban J connectivity index is 2.01. The van der Waals surface area contributed by atoms with E-state index < -0.39 is 6.04 Å². The van der Waals surface area contributed by atoms with E-state index in [1.54, 1.807) is 0 Å². The summed E-state index contributed by atoms with van der Waals surface area (Å²) < 4.78 is 7.48. The first kappa shape index (κ1) is 19.1. The number of hydrogen-bond donors (Lipinski definition) is 0. The van der Waals surface area contributed by atoms with E-state index >= 15 is 0 Å². The van der Waals surface area contributed by atoms with Crippen LogP contribution in [-0.4, -0.2) is 33.6 Å². The maximum atomic E-state index is 12.0. The van der Waals surface area contributed by atoms with Gasteiger partial charge < -0.3 is 4.74 Å². The molecule has 0 saturated heterocycles. The van der Waals surface area contributed by atoms with E-state index in [0.717, 1.165) is 27.4 Å². The molecule has 4 rings (SSSR count). The number of aromatic nitrogens is 3. The topological polar surface area (TPSA) is 69.4 Å². The summed E-state index contributed by atoms with van der Waals surface area (Å²) in [7, 11) is 1.36. The van der Waals surface area contributed by atoms with Crippen LogP contribution in [-0.2, 0) is 9.53 Å². The van der Waals surface area contributed by atoms with Crippen LogP contribution < -0.4 is 0 Å². The van der Waals surface area contributed by atoms with E-state index in [-0.39, 0.29) is 12.4 Å². The second kappa shape index (κ2) is 7.31. The number of hydrogen-bond acceptors (Lipinski definition) is 6. The average molecular weight is 435 g/mol. The molecule has 3 aromatic rings. The second-order valence-electron chi connectivity index (χ2n) is 6.40. The lowest BCUT2D eigenvalue weighted by Gasteiger charge is -2.11. The Morgan fingerprint density at radius 3 is 2.61 bits per heavy atom. The quantitative estimate of drug-likeness (QED) is 0.559. The molecule has 144 valence electrons. The molecule has 1 atom stereocenters. The molecule has 1 aliphatic heterocycles. The molecule has 28 heavy (non-hydrogen) atoms. The van der Waals surface area contributed by atoms with Crippen LogP contribution in [0.1, 0.15) is 40.8 Å². The molecule has 0 spiro atoms. The average Bonchev–Trinajstić information content (AvgIpc) is 3.15. The van der Waals surface area contributed by atoms with Crippen molar-refractivity contribution in [3.05, 3.63) is 62.0 Å². The lowest BCUT2D eigenvalue weighted by Crippen LogP contribution is -2.12. The highest BCUT2D eigenvalue weighted by molar-refractivity contribution is 7.19. The Morgan fingerprint density at radius 1 is 1.21 bits per heavy atom. The largest absolute Gasteiger partial charge is 0.469 e. The number of halogens is 2. The molecule has 0 bridgehead atoms. The van der Waals surface area contributed by atoms with Crippen molar-refractivity contribution in [3.8, 4) is 5.00 Å². The molecule has 0 fully saturated rings. The molecule has 0 amide bonds. The van der Waals surface area contributed by atoms with Crippen molar-refractivity contribution in [3.63, 3.8) is 0 Å². The van der Waals surface area contributed by atoms with E-state index in [4.69, 9.17) is 32.9 Å². The third-order valence-electron chi connectivity index (χ3n) is 4.65. The zero-order valence-corrected chi connectivity index (χ0v) is 17.7. The van der Waals surface area contributed by atoms with Gasteiger partial charge in [-0.2, -0.15) is 0 Å². The van der Waals surface area contributed by atoms with Crippen molar-refractivity contribution >= 4 is 46.2 Å². The van der Waals surface area contributed by atoms with Gasteiger partial charge in [0, 0.05) is 16.1 Å². The minimum Gasteiger partial charge on any atom is -0.469 e. The fourth-order valence-electron chi connectivity index (χ4n) is 3.24. The Bertz CT molecular complexity index is 1100. The highest BCUT2D eigenvalue weighted by atomic mass is 35.5. The van der Waals surface area contributed by atoms with Crippen LogP contribution in [0.25, 0.3) is 5.00 Å². The third kappa shape index (κ3) is 3.13. The van der Waals surface area contributed by atoms with Crippen molar-refractivity contribution in [1.82, 2.24) is 14.8 Å². The number of methoxy groups -OCH3 is 1. The zero-order chi connectivity index (χ0) is 20.0. The number of thiophene rings is 1. The van der Waals surface area contributed by atoms with E-state index in [9.17, 15) is 4.79 Å². The lowest BCUT2D eigenvalue weighted by molar-refractivity contribution is -0.141. The first-order valence-electron chi connectivity index (χ1n) is 8.52. The van der Waals surface area contributed by atoms with Gasteiger partial charge in [0.25, 0.3) is 0 Å². The van der Waals surface area contributed by atoms with Crippen LogP contribution in [0.15, 0.2) is 29.3 Å². The van der Waals surface area contributed by atoms with E-state index in [2.05, 4.69) is 10.2 Å². The highest BCUT2D eigenvalue weighted by Crippen LogP contribution is 2.41. The number of benzene rings is 1. The van der Waals surface area contributed by atoms with Gasteiger partial charge in [-0.25, -0.2) is 0 Å². The summed E-state index contributed by atoms with van der Waals surface area (Å²) in [6, 6.07) is 6.91. The molecule has 0 unspecified atom stereocenters. The van der Waals surface area contributed by atoms with Gasteiger partial charge in [-0.15, -0.1) is 21.5 Å². The van der Waals surface area contributed by atoms with E-state index in [0.29, 0.717) is 21.0 Å². The summed E-state index contributed by atoms with van der Waals surface area (Å²) in [5.74, 6) is 0.930. The van der Waals surface area contributed by atoms with Gasteiger partial charge in [0.2, 0.25) is 0 Å². The van der Waals surface area contributed by atoms with Crippen molar-refractivity contribution in [1.29, 1.82) is 0 Å². The number of nitrogens with zero attached hydrogens (tertiary/aromatic N) is 4. The Hall–Kier alpha value is -2.22. The molecule has 0 radical (unpaired) electrons. The number of esters is 1. The summed E-state index contributed by atoms with van der Waals surface area (Å²) in [4.78, 5) is 17.0. The second-order valence-corrected chi connectivity index (χ2v) is 8.44. The monoisotopic (exact) mass is 434 g/mol. The Kier molecular flexibility index (Phi) is 4.99. The predicted octanol–water partition coefficient (Wildman–Crippen LogP) is 4.71. The molecule has 0 aliphatic carbocycles. The number of carbonyl (C=O) groups is 1. The molecule has 1 aliphatic rings. The van der Waals surface area contributed by atoms with Gasteiger partial charge in [0.15, 0.2) is 5.82 Å². The smallest absolute Gasteiger partial charge is 0.308 e. The molecular formula is C19H16Cl2N4O2S. The summed E-state index contributed by atoms with van der Waals surface area (Å²) in [6.45, 7) is 3.83. The van der Waals surface area contributed by atoms with Crippen LogP contribution in [0.5, 0.6) is 0 Å². The number of rotatable bonds is 3. The summed E-state index contributed by atoms with van der Waals surface area (Å²) >= 11 is 14.0. The van der Waals surface area contributed by atoms with E-state index in [1.165, 1.54) is 18.4 Å². The summed E-state index contributed by atoms with van der Waals surface area (Å²) in [5.41, 5.74) is 3.46. The first-order valence-corrected chi connectivity index (χ1v) is 10.1. The zero-order valence-electron chi connectivity index (χ0n) is 15.4. The molecule has 1 aromatic carbocycles. The van der Waals surface area contributed by atoms with Crippen LogP contribution in [0.2, 0.25) is 9.36 Å². The fraction of sp³-hybridized carbons (Fsp3) is 0.263. The van der Waals surface area contributed by atoms with Gasteiger partial charge >= 0.3 is 5.97 Å². The molecule has 3 heterocycles. The van der Waals surface area contributed by atoms with Crippen molar-refractivity contribution in [2.24, 2.45) is 4.99 Å². The predicted molar refractivity (Wildman–Crippen MR) is 110 cm³/mol. The van der Waals surface area contributed by atoms with Crippen LogP contribution in [0, 0.1) is 13.8 Å². The maximum Gasteiger partial charge on any atom is 0.308 e. The molecular weight excluding hydrogens is 419 g/mol. The lowest BCUT2D eigenvalue weighted by atomic mass is 10.0. The molecule has 0 N–H and O–H groups in total. The van der Waals surface area contributed by atoms with Gasteiger partial charge in [-0.3, -0.25) is 14.4 Å². The van der Waals surface area contributed by atoms with Crippen molar-refractivity contribution in [2.75, 3.05) is 7.11 Å². The number of carbonyl (C=O) groups excluding carboxylic acids is 1. The number of aryl methyl sites for hydroxylation is 1. The number of aliphatic imine (C=N–C) groups is 1. The third-order valence-corrected chi connectivity index (χ3v) is 6.48. The minimum atomic E-state index is -0.530. The minimum absolute atomic E-state index is 0.0629. The molecule has 9 heteroatoms. The van der Waals surface area contributed by atoms with Crippen LogP contribution in [0.3, 0.4) is 0 Å². The Morgan fingerprint density at radius 2 is 1.93 bits per heavy atom. The highest BCUT2D eigenvalue weighted by Gasteiger charge is 2.32. The van der Waals surface area contributed by atoms with Gasteiger partial charge in [-0.1, -0.05) is 35.3 Å². The number of fused-ring (bicyclic) bond motifs is 3. The summed E-state index contributed by atoms with van der Waals surface area (Å²) in [5, 5.41) is 10.0. The van der Waals surface area contributed by atoms with Gasteiger partial charge in [0.05, 0.1) is 23.6 Å². The Labute approximate surface area is 175 Å². The molecule has 6 nitrogen and oxygen atoms in total. The molecule has 2 aromatic heterocycles. The van der Waals surface area contributed by atoms with Crippen molar-refractivity contribution in [2.45, 2.75) is 26.3 Å². The normalized spacial score (nSPS) is 15.5. The first-order chi connectivity index (χ1) is 13.4. The maximum absolute atomic E-state index is 12.0. The molecule has 0 saturated carbocycles.